The van der Waals surface area contributed by atoms with Crippen LogP contribution < -0.4 is 9.62 Å². The third-order valence-corrected chi connectivity index (χ3v) is 9.58. The maximum Gasteiger partial charge on any atom is 0.264 e. The van der Waals surface area contributed by atoms with Gasteiger partial charge in [0.2, 0.25) is 11.8 Å². The lowest BCUT2D eigenvalue weighted by Crippen LogP contribution is -2.52. The first-order valence-corrected chi connectivity index (χ1v) is 15.4. The second-order valence-corrected chi connectivity index (χ2v) is 12.8. The molecule has 3 aromatic rings. The molecule has 206 valence electrons. The lowest BCUT2D eigenvalue weighted by molar-refractivity contribution is -0.139. The van der Waals surface area contributed by atoms with Crippen molar-refractivity contribution in [1.82, 2.24) is 10.2 Å². The molecule has 1 saturated carbocycles. The van der Waals surface area contributed by atoms with Crippen molar-refractivity contribution in [2.75, 3.05) is 10.8 Å². The van der Waals surface area contributed by atoms with Gasteiger partial charge >= 0.3 is 0 Å². The van der Waals surface area contributed by atoms with Crippen LogP contribution in [0.1, 0.15) is 38.2 Å². The van der Waals surface area contributed by atoms with Crippen molar-refractivity contribution in [3.63, 3.8) is 0 Å². The van der Waals surface area contributed by atoms with E-state index in [0.717, 1.165) is 34.5 Å². The summed E-state index contributed by atoms with van der Waals surface area (Å²) in [6.07, 6.45) is 3.93. The highest BCUT2D eigenvalue weighted by Gasteiger charge is 2.33. The summed E-state index contributed by atoms with van der Waals surface area (Å²) in [5, 5.41) is 3.52. The van der Waals surface area contributed by atoms with E-state index in [9.17, 15) is 18.0 Å². The molecule has 1 atom stereocenters. The second kappa shape index (κ2) is 13.0. The van der Waals surface area contributed by atoms with Gasteiger partial charge in [-0.2, -0.15) is 0 Å². The minimum absolute atomic E-state index is 0.0529. The zero-order valence-corrected chi connectivity index (χ0v) is 24.8. The van der Waals surface area contributed by atoms with Gasteiger partial charge in [-0.25, -0.2) is 8.42 Å². The molecule has 1 fully saturated rings. The van der Waals surface area contributed by atoms with Crippen molar-refractivity contribution in [3.05, 3.63) is 93.9 Å². The fourth-order valence-corrected chi connectivity index (χ4v) is 6.54. The summed E-state index contributed by atoms with van der Waals surface area (Å²) < 4.78 is 29.4. The highest BCUT2D eigenvalue weighted by atomic mass is 79.9. The topological polar surface area (TPSA) is 86.8 Å². The van der Waals surface area contributed by atoms with Crippen LogP contribution in [0, 0.1) is 0 Å². The minimum atomic E-state index is -4.10. The number of nitrogens with zero attached hydrogens (tertiary/aromatic N) is 2. The van der Waals surface area contributed by atoms with Crippen LogP contribution in [0.3, 0.4) is 0 Å². The predicted molar refractivity (Wildman–Crippen MR) is 157 cm³/mol. The normalized spacial score (nSPS) is 14.5. The number of benzene rings is 3. The van der Waals surface area contributed by atoms with Gasteiger partial charge in [0.05, 0.1) is 10.6 Å². The highest BCUT2D eigenvalue weighted by molar-refractivity contribution is 9.10. The van der Waals surface area contributed by atoms with Crippen molar-refractivity contribution >= 4 is 55.1 Å². The van der Waals surface area contributed by atoms with E-state index in [2.05, 4.69) is 21.2 Å². The predicted octanol–water partition coefficient (Wildman–Crippen LogP) is 5.77. The Balaban J connectivity index is 1.68. The second-order valence-electron chi connectivity index (χ2n) is 9.58. The Morgan fingerprint density at radius 3 is 2.23 bits per heavy atom. The molecule has 10 heteroatoms. The summed E-state index contributed by atoms with van der Waals surface area (Å²) in [6.45, 7) is 1.22. The number of amides is 2. The molecule has 1 aliphatic carbocycles. The third kappa shape index (κ3) is 7.21. The molecule has 1 aliphatic rings. The summed E-state index contributed by atoms with van der Waals surface area (Å²) >= 11 is 9.79. The van der Waals surface area contributed by atoms with Gasteiger partial charge in [0.25, 0.3) is 10.0 Å². The SMILES string of the molecule is C[C@@H](C(=O)NC1CCCC1)N(Cc1ccccc1Cl)C(=O)CN(c1ccc(Br)cc1)S(=O)(=O)c1ccccc1. The van der Waals surface area contributed by atoms with Crippen LogP contribution in [0.25, 0.3) is 0 Å². The summed E-state index contributed by atoms with van der Waals surface area (Å²) in [5.74, 6) is -0.796. The van der Waals surface area contributed by atoms with E-state index in [-0.39, 0.29) is 23.4 Å². The van der Waals surface area contributed by atoms with Crippen LogP contribution in [0.4, 0.5) is 5.69 Å². The number of carbonyl (C=O) groups excluding carboxylic acids is 2. The highest BCUT2D eigenvalue weighted by Crippen LogP contribution is 2.27. The molecule has 1 N–H and O–H groups in total. The number of hydrogen-bond acceptors (Lipinski definition) is 4. The van der Waals surface area contributed by atoms with Gasteiger partial charge in [0.1, 0.15) is 12.6 Å². The van der Waals surface area contributed by atoms with E-state index in [4.69, 9.17) is 11.6 Å². The molecule has 0 spiro atoms. The Morgan fingerprint density at radius 1 is 0.974 bits per heavy atom. The molecular formula is C29H31BrClN3O4S. The Kier molecular flexibility index (Phi) is 9.69. The molecule has 39 heavy (non-hydrogen) atoms. The fourth-order valence-electron chi connectivity index (χ4n) is 4.64. The van der Waals surface area contributed by atoms with Crippen molar-refractivity contribution in [1.29, 1.82) is 0 Å². The standard InChI is InChI=1S/C29H31BrClN3O4S/c1-21(29(36)32-24-10-6-7-11-24)33(19-22-9-5-8-14-27(22)31)28(35)20-34(25-17-15-23(30)16-18-25)39(37,38)26-12-3-2-4-13-26/h2-5,8-9,12-18,21,24H,6-7,10-11,19-20H2,1H3,(H,32,36)/t21-/m0/s1. The number of sulfonamides is 1. The van der Waals surface area contributed by atoms with Crippen LogP contribution in [-0.4, -0.2) is 43.8 Å². The van der Waals surface area contributed by atoms with Gasteiger partial charge in [-0.1, -0.05) is 76.8 Å². The van der Waals surface area contributed by atoms with E-state index in [1.165, 1.54) is 17.0 Å². The van der Waals surface area contributed by atoms with Crippen molar-refractivity contribution in [2.24, 2.45) is 0 Å². The average molecular weight is 633 g/mol. The number of anilines is 1. The molecule has 0 aromatic heterocycles. The maximum atomic E-state index is 14.0. The van der Waals surface area contributed by atoms with Crippen molar-refractivity contribution < 1.29 is 18.0 Å². The van der Waals surface area contributed by atoms with E-state index >= 15 is 0 Å². The van der Waals surface area contributed by atoms with Crippen LogP contribution in [0.2, 0.25) is 5.02 Å². The van der Waals surface area contributed by atoms with E-state index in [1.54, 1.807) is 73.7 Å². The van der Waals surface area contributed by atoms with Gasteiger partial charge in [0, 0.05) is 22.1 Å². The number of rotatable bonds is 10. The number of halogens is 2. The van der Waals surface area contributed by atoms with Gasteiger partial charge < -0.3 is 10.2 Å². The van der Waals surface area contributed by atoms with E-state index in [1.807, 2.05) is 0 Å². The monoisotopic (exact) mass is 631 g/mol. The van der Waals surface area contributed by atoms with Crippen LogP contribution in [-0.2, 0) is 26.2 Å². The minimum Gasteiger partial charge on any atom is -0.352 e. The molecule has 7 nitrogen and oxygen atoms in total. The Hall–Kier alpha value is -2.88. The van der Waals surface area contributed by atoms with Crippen molar-refractivity contribution in [3.8, 4) is 0 Å². The number of nitrogens with one attached hydrogen (secondary N) is 1. The first-order valence-electron chi connectivity index (χ1n) is 12.8. The molecule has 0 bridgehead atoms. The molecule has 0 aliphatic heterocycles. The van der Waals surface area contributed by atoms with Gasteiger partial charge in [0.15, 0.2) is 0 Å². The molecule has 3 aromatic carbocycles. The fraction of sp³-hybridized carbons (Fsp3) is 0.310. The van der Waals surface area contributed by atoms with Crippen molar-refractivity contribution in [2.45, 2.75) is 56.1 Å². The molecule has 0 radical (unpaired) electrons. The number of carbonyl (C=O) groups is 2. The van der Waals surface area contributed by atoms with E-state index < -0.39 is 28.5 Å². The Bertz CT molecular complexity index is 1400. The molecular weight excluding hydrogens is 602 g/mol. The smallest absolute Gasteiger partial charge is 0.264 e. The molecule has 0 heterocycles. The molecule has 0 unspecified atom stereocenters. The molecule has 0 saturated heterocycles. The largest absolute Gasteiger partial charge is 0.352 e. The average Bonchev–Trinajstić information content (AvgIpc) is 3.45. The van der Waals surface area contributed by atoms with E-state index in [0.29, 0.717) is 16.3 Å². The summed E-state index contributed by atoms with van der Waals surface area (Å²) in [4.78, 5) is 28.7. The maximum absolute atomic E-state index is 14.0. The Labute approximate surface area is 243 Å². The van der Waals surface area contributed by atoms with Crippen LogP contribution >= 0.6 is 27.5 Å². The summed E-state index contributed by atoms with van der Waals surface area (Å²) in [6, 6.07) is 21.0. The first-order chi connectivity index (χ1) is 18.7. The molecule has 4 rings (SSSR count). The van der Waals surface area contributed by atoms with Crippen LogP contribution in [0.15, 0.2) is 88.2 Å². The van der Waals surface area contributed by atoms with Crippen LogP contribution in [0.5, 0.6) is 0 Å². The van der Waals surface area contributed by atoms with Gasteiger partial charge in [-0.3, -0.25) is 13.9 Å². The third-order valence-electron chi connectivity index (χ3n) is 6.89. The number of hydrogen-bond donors (Lipinski definition) is 1. The Morgan fingerprint density at radius 2 is 1.59 bits per heavy atom. The summed E-state index contributed by atoms with van der Waals surface area (Å²) in [5.41, 5.74) is 0.991. The van der Waals surface area contributed by atoms with Gasteiger partial charge in [-0.05, 0) is 67.8 Å². The quantitative estimate of drug-likeness (QED) is 0.307. The van der Waals surface area contributed by atoms with Gasteiger partial charge in [-0.15, -0.1) is 0 Å². The zero-order valence-electron chi connectivity index (χ0n) is 21.6. The molecule has 2 amide bonds. The first kappa shape index (κ1) is 29.1. The summed E-state index contributed by atoms with van der Waals surface area (Å²) in [7, 11) is -4.10. The lowest BCUT2D eigenvalue weighted by Gasteiger charge is -2.32. The lowest BCUT2D eigenvalue weighted by atomic mass is 10.1. The zero-order chi connectivity index (χ0) is 28.0.